The maximum atomic E-state index is 13.4. The fraction of sp³-hybridized carbons (Fsp3) is 0.167. The maximum Gasteiger partial charge on any atom is 0.278 e. The van der Waals surface area contributed by atoms with Gasteiger partial charge >= 0.3 is 0 Å². The minimum atomic E-state index is -1.04. The number of benzene rings is 2. The predicted octanol–water partition coefficient (Wildman–Crippen LogP) is 2.78. The summed E-state index contributed by atoms with van der Waals surface area (Å²) < 4.78 is 18.5. The van der Waals surface area contributed by atoms with E-state index < -0.39 is 29.7 Å². The van der Waals surface area contributed by atoms with Gasteiger partial charge in [-0.1, -0.05) is 16.8 Å². The van der Waals surface area contributed by atoms with Crippen LogP contribution in [-0.2, 0) is 14.4 Å². The zero-order valence-electron chi connectivity index (χ0n) is 13.5. The number of fused-ring (bicyclic) bond motifs is 1. The topological polar surface area (TPSA) is 68.2 Å². The van der Waals surface area contributed by atoms with Gasteiger partial charge in [-0.3, -0.25) is 9.59 Å². The van der Waals surface area contributed by atoms with Crippen molar-refractivity contribution in [2.45, 2.75) is 6.10 Å². The van der Waals surface area contributed by atoms with Gasteiger partial charge in [-0.25, -0.2) is 9.29 Å². The van der Waals surface area contributed by atoms with E-state index in [1.165, 1.54) is 12.1 Å². The minimum Gasteiger partial charge on any atom is -0.497 e. The van der Waals surface area contributed by atoms with Gasteiger partial charge in [-0.2, -0.15) is 0 Å². The molecule has 0 saturated carbocycles. The molecule has 2 aliphatic rings. The third kappa shape index (κ3) is 2.43. The van der Waals surface area contributed by atoms with Crippen LogP contribution in [0.25, 0.3) is 0 Å². The highest BCUT2D eigenvalue weighted by Gasteiger charge is 2.56. The molecule has 26 heavy (non-hydrogen) atoms. The SMILES string of the molecule is COc1ccc(C2=NO[C@@H]3C(=O)N(c4ccc(F)c(Cl)c4)C(=O)[C@H]23)cc1. The lowest BCUT2D eigenvalue weighted by Gasteiger charge is -2.15. The van der Waals surface area contributed by atoms with E-state index in [9.17, 15) is 14.0 Å². The van der Waals surface area contributed by atoms with E-state index in [0.29, 0.717) is 17.0 Å². The second-order valence-corrected chi connectivity index (χ2v) is 6.23. The highest BCUT2D eigenvalue weighted by atomic mass is 35.5. The molecular weight excluding hydrogens is 363 g/mol. The Morgan fingerprint density at radius 3 is 2.54 bits per heavy atom. The van der Waals surface area contributed by atoms with Crippen molar-refractivity contribution in [1.29, 1.82) is 0 Å². The normalized spacial score (nSPS) is 21.5. The van der Waals surface area contributed by atoms with Crippen LogP contribution in [0, 0.1) is 11.7 Å². The van der Waals surface area contributed by atoms with Crippen molar-refractivity contribution in [2.75, 3.05) is 12.0 Å². The molecule has 2 aromatic carbocycles. The highest BCUT2D eigenvalue weighted by Crippen LogP contribution is 2.36. The van der Waals surface area contributed by atoms with E-state index in [0.717, 1.165) is 11.0 Å². The van der Waals surface area contributed by atoms with Crippen LogP contribution in [0.5, 0.6) is 5.75 Å². The van der Waals surface area contributed by atoms with Crippen LogP contribution in [0.2, 0.25) is 5.02 Å². The summed E-state index contributed by atoms with van der Waals surface area (Å²) in [7, 11) is 1.55. The number of carbonyl (C=O) groups excluding carboxylic acids is 2. The molecule has 0 unspecified atom stereocenters. The lowest BCUT2D eigenvalue weighted by Crippen LogP contribution is -2.33. The third-order valence-electron chi connectivity index (χ3n) is 4.36. The average molecular weight is 375 g/mol. The second kappa shape index (κ2) is 6.10. The van der Waals surface area contributed by atoms with Crippen LogP contribution in [0.4, 0.5) is 10.1 Å². The Balaban J connectivity index is 1.68. The molecule has 6 nitrogen and oxygen atoms in total. The Labute approximate surface area is 152 Å². The fourth-order valence-corrected chi connectivity index (χ4v) is 3.23. The first-order valence-corrected chi connectivity index (χ1v) is 8.10. The molecule has 2 aromatic rings. The summed E-state index contributed by atoms with van der Waals surface area (Å²) in [6.45, 7) is 0. The minimum absolute atomic E-state index is 0.176. The second-order valence-electron chi connectivity index (χ2n) is 5.82. The smallest absolute Gasteiger partial charge is 0.278 e. The van der Waals surface area contributed by atoms with Crippen molar-refractivity contribution < 1.29 is 23.6 Å². The van der Waals surface area contributed by atoms with Crippen LogP contribution in [-0.4, -0.2) is 30.7 Å². The Morgan fingerprint density at radius 2 is 1.88 bits per heavy atom. The summed E-state index contributed by atoms with van der Waals surface area (Å²) in [5.74, 6) is -1.89. The Morgan fingerprint density at radius 1 is 1.15 bits per heavy atom. The van der Waals surface area contributed by atoms with Crippen molar-refractivity contribution in [3.05, 3.63) is 58.9 Å². The molecule has 2 heterocycles. The lowest BCUT2D eigenvalue weighted by molar-refractivity contribution is -0.126. The van der Waals surface area contributed by atoms with Gasteiger partial charge in [0.05, 0.1) is 17.8 Å². The monoisotopic (exact) mass is 374 g/mol. The molecule has 0 bridgehead atoms. The molecule has 0 radical (unpaired) electrons. The highest BCUT2D eigenvalue weighted by molar-refractivity contribution is 6.34. The first-order chi connectivity index (χ1) is 12.5. The van der Waals surface area contributed by atoms with Crippen molar-refractivity contribution in [2.24, 2.45) is 11.1 Å². The van der Waals surface area contributed by atoms with Gasteiger partial charge in [0.1, 0.15) is 23.2 Å². The average Bonchev–Trinajstić information content (AvgIpc) is 3.18. The van der Waals surface area contributed by atoms with E-state index in [4.69, 9.17) is 21.2 Å². The van der Waals surface area contributed by atoms with Crippen LogP contribution < -0.4 is 9.64 Å². The molecule has 0 aliphatic carbocycles. The van der Waals surface area contributed by atoms with E-state index >= 15 is 0 Å². The van der Waals surface area contributed by atoms with E-state index in [1.807, 2.05) is 0 Å². The van der Waals surface area contributed by atoms with Crippen molar-refractivity contribution >= 4 is 34.8 Å². The van der Waals surface area contributed by atoms with Crippen LogP contribution in [0.1, 0.15) is 5.56 Å². The van der Waals surface area contributed by atoms with Gasteiger partial charge in [0.2, 0.25) is 12.0 Å². The molecule has 1 saturated heterocycles. The van der Waals surface area contributed by atoms with Gasteiger partial charge in [0, 0.05) is 5.56 Å². The molecule has 2 atom stereocenters. The summed E-state index contributed by atoms with van der Waals surface area (Å²) in [5, 5.41) is 3.75. The standard InChI is InChI=1S/C18H12ClFN2O4/c1-25-11-5-2-9(3-6-11)15-14-16(26-21-15)18(24)22(17(14)23)10-4-7-13(20)12(19)8-10/h2-8,14,16H,1H3/t14-,16+/m1/s1. The Bertz CT molecular complexity index is 945. The summed E-state index contributed by atoms with van der Waals surface area (Å²) in [5.41, 5.74) is 1.21. The summed E-state index contributed by atoms with van der Waals surface area (Å²) in [4.78, 5) is 31.7. The number of methoxy groups -OCH3 is 1. The largest absolute Gasteiger partial charge is 0.497 e. The maximum absolute atomic E-state index is 13.4. The number of ether oxygens (including phenoxy) is 1. The van der Waals surface area contributed by atoms with Crippen LogP contribution in [0.15, 0.2) is 47.6 Å². The summed E-state index contributed by atoms with van der Waals surface area (Å²) in [6.07, 6.45) is -1.04. The zero-order valence-corrected chi connectivity index (χ0v) is 14.2. The van der Waals surface area contributed by atoms with Gasteiger partial charge in [-0.15, -0.1) is 0 Å². The fourth-order valence-electron chi connectivity index (χ4n) is 3.06. The number of halogens is 2. The molecule has 2 aliphatic heterocycles. The number of rotatable bonds is 3. The van der Waals surface area contributed by atoms with Gasteiger partial charge in [0.25, 0.3) is 5.91 Å². The number of hydrogen-bond acceptors (Lipinski definition) is 5. The zero-order chi connectivity index (χ0) is 18.4. The number of carbonyl (C=O) groups is 2. The van der Waals surface area contributed by atoms with Gasteiger partial charge in [0.15, 0.2) is 0 Å². The molecule has 4 rings (SSSR count). The molecular formula is C18H12ClFN2O4. The lowest BCUT2D eigenvalue weighted by atomic mass is 9.94. The Kier molecular flexibility index (Phi) is 3.88. The van der Waals surface area contributed by atoms with Crippen LogP contribution in [0.3, 0.4) is 0 Å². The molecule has 132 valence electrons. The number of hydrogen-bond donors (Lipinski definition) is 0. The van der Waals surface area contributed by atoms with Gasteiger partial charge in [-0.05, 0) is 42.5 Å². The molecule has 1 fully saturated rings. The summed E-state index contributed by atoms with van der Waals surface area (Å²) in [6, 6.07) is 10.6. The van der Waals surface area contributed by atoms with Crippen molar-refractivity contribution in [3.8, 4) is 5.75 Å². The van der Waals surface area contributed by atoms with Gasteiger partial charge < -0.3 is 9.57 Å². The molecule has 0 N–H and O–H groups in total. The Hall–Kier alpha value is -2.93. The van der Waals surface area contributed by atoms with Crippen molar-refractivity contribution in [1.82, 2.24) is 0 Å². The number of amides is 2. The first-order valence-electron chi connectivity index (χ1n) is 7.72. The summed E-state index contributed by atoms with van der Waals surface area (Å²) >= 11 is 5.77. The van der Waals surface area contributed by atoms with Crippen molar-refractivity contribution in [3.63, 3.8) is 0 Å². The molecule has 0 aromatic heterocycles. The predicted molar refractivity (Wildman–Crippen MR) is 91.8 cm³/mol. The van der Waals surface area contributed by atoms with Crippen LogP contribution >= 0.6 is 11.6 Å². The molecule has 2 amide bonds. The number of anilines is 1. The first kappa shape index (κ1) is 16.5. The van der Waals surface area contributed by atoms with E-state index in [-0.39, 0.29) is 10.7 Å². The van der Waals surface area contributed by atoms with E-state index in [1.54, 1.807) is 31.4 Å². The quantitative estimate of drug-likeness (QED) is 0.775. The molecule has 0 spiro atoms. The number of imide groups is 1. The number of nitrogens with zero attached hydrogens (tertiary/aromatic N) is 2. The third-order valence-corrected chi connectivity index (χ3v) is 4.65. The number of oxime groups is 1. The molecule has 8 heteroatoms. The van der Waals surface area contributed by atoms with E-state index in [2.05, 4.69) is 5.16 Å².